The number of phenolic OH excluding ortho intramolecular Hbond substituents is 1. The Morgan fingerprint density at radius 2 is 1.09 bits per heavy atom. The van der Waals surface area contributed by atoms with Gasteiger partial charge in [-0.3, -0.25) is 9.55 Å². The molecule has 67 heavy (non-hydrogen) atoms. The molecule has 1 N–H and O–H groups in total. The maximum atomic E-state index is 12.7. The molecule has 0 fully saturated rings. The van der Waals surface area contributed by atoms with Crippen molar-refractivity contribution in [2.45, 2.75) is 130 Å². The zero-order valence-corrected chi connectivity index (χ0v) is 44.1. The van der Waals surface area contributed by atoms with Gasteiger partial charge in [0.25, 0.3) is 0 Å². The van der Waals surface area contributed by atoms with E-state index < -0.39 is 0 Å². The Balaban J connectivity index is 0.00000608. The van der Waals surface area contributed by atoms with Crippen LogP contribution in [-0.2, 0) is 48.1 Å². The van der Waals surface area contributed by atoms with Crippen molar-refractivity contribution in [3.63, 3.8) is 0 Å². The summed E-state index contributed by atoms with van der Waals surface area (Å²) in [5.74, 6) is 0.997. The van der Waals surface area contributed by atoms with Crippen molar-refractivity contribution in [1.82, 2.24) is 14.5 Å². The number of aromatic nitrogens is 3. The zero-order chi connectivity index (χ0) is 47.1. The first-order valence-electron chi connectivity index (χ1n) is 23.8. The van der Waals surface area contributed by atoms with E-state index in [1.807, 2.05) is 6.20 Å². The Morgan fingerprint density at radius 1 is 0.507 bits per heavy atom. The van der Waals surface area contributed by atoms with Crippen molar-refractivity contribution in [2.75, 3.05) is 0 Å². The summed E-state index contributed by atoms with van der Waals surface area (Å²) in [7, 11) is 0. The molecule has 0 saturated heterocycles. The van der Waals surface area contributed by atoms with Crippen molar-refractivity contribution in [3.05, 3.63) is 167 Å². The van der Waals surface area contributed by atoms with Crippen LogP contribution in [0, 0.1) is 0 Å². The zero-order valence-electron chi connectivity index (χ0n) is 41.8. The number of rotatable bonds is 6. The number of para-hydroxylation sites is 1. The largest absolute Gasteiger partial charge is 0.507 e. The summed E-state index contributed by atoms with van der Waals surface area (Å²) in [6.45, 7) is 29.7. The van der Waals surface area contributed by atoms with Crippen molar-refractivity contribution in [3.8, 4) is 67.5 Å². The molecule has 0 amide bonds. The topological polar surface area (TPSA) is 50.9 Å². The molecule has 0 bridgehead atoms. The van der Waals surface area contributed by atoms with Crippen LogP contribution in [0.5, 0.6) is 5.75 Å². The molecule has 0 atom stereocenters. The molecule has 4 nitrogen and oxygen atoms in total. The van der Waals surface area contributed by atoms with Crippen molar-refractivity contribution >= 4 is 11.0 Å². The van der Waals surface area contributed by atoms with Crippen LogP contribution in [0.3, 0.4) is 0 Å². The summed E-state index contributed by atoms with van der Waals surface area (Å²) in [4.78, 5) is 10.8. The van der Waals surface area contributed by atoms with Crippen LogP contribution in [0.4, 0.5) is 0 Å². The molecule has 0 saturated carbocycles. The fourth-order valence-corrected chi connectivity index (χ4v) is 9.97. The van der Waals surface area contributed by atoms with E-state index in [4.69, 9.17) is 9.97 Å². The first-order valence-corrected chi connectivity index (χ1v) is 23.8. The predicted molar refractivity (Wildman–Crippen MR) is 279 cm³/mol. The summed E-state index contributed by atoms with van der Waals surface area (Å²) >= 11 is 0. The Morgan fingerprint density at radius 3 is 1.70 bits per heavy atom. The molecule has 0 aliphatic heterocycles. The van der Waals surface area contributed by atoms with Crippen molar-refractivity contribution in [2.24, 2.45) is 0 Å². The summed E-state index contributed by atoms with van der Waals surface area (Å²) in [5, 5.41) is 12.7. The number of pyridine rings is 1. The Labute approximate surface area is 414 Å². The van der Waals surface area contributed by atoms with Gasteiger partial charge in [-0.15, -0.1) is 0 Å². The third-order valence-electron chi connectivity index (χ3n) is 14.3. The van der Waals surface area contributed by atoms with Gasteiger partial charge in [0.05, 0.1) is 28.0 Å². The molecular weight excluding hydrogens is 998 g/mol. The first-order chi connectivity index (χ1) is 31.0. The van der Waals surface area contributed by atoms with Crippen LogP contribution in [0.2, 0.25) is 0 Å². The number of fused-ring (bicyclic) bond motifs is 2. The van der Waals surface area contributed by atoms with E-state index in [1.165, 1.54) is 16.7 Å². The second-order valence-corrected chi connectivity index (χ2v) is 23.3. The molecule has 9 rings (SSSR count). The Bertz CT molecular complexity index is 3140. The molecule has 6 aromatic carbocycles. The third-order valence-corrected chi connectivity index (χ3v) is 14.3. The van der Waals surface area contributed by atoms with Gasteiger partial charge in [-0.1, -0.05) is 175 Å². The average Bonchev–Trinajstić information content (AvgIpc) is 3.66. The number of benzene rings is 6. The number of hydrogen-bond acceptors (Lipinski definition) is 3. The molecule has 0 radical (unpaired) electrons. The maximum Gasteiger partial charge on any atom is 0.149 e. The minimum absolute atomic E-state index is 0. The number of phenols is 1. The smallest absolute Gasteiger partial charge is 0.149 e. The van der Waals surface area contributed by atoms with Crippen LogP contribution in [0.1, 0.15) is 131 Å². The standard InChI is InChI=1S/C62H67N3O.Pt/c1-58(2,3)44-32-42(31-43(33-44)52-34-41(27-30-63-52)39-21-16-14-17-22-39)46-25-20-26-53-55(46)64-57(48-35-45(59(4,5)6)36-51(56(48)66)60(7,8)9)65(53)54-38-50-49(61(10,11)28-29-62(50,12)13)37-47(54)40-23-18-15-19-24-40;/h14-27,30-38,66H,28-29H2,1-13H3;. The van der Waals surface area contributed by atoms with Gasteiger partial charge in [-0.05, 0) is 133 Å². The van der Waals surface area contributed by atoms with Crippen molar-refractivity contribution < 1.29 is 26.2 Å². The van der Waals surface area contributed by atoms with Gasteiger partial charge in [0.2, 0.25) is 0 Å². The molecule has 1 aliphatic rings. The minimum atomic E-state index is -0.325. The number of aromatic hydroxyl groups is 1. The number of nitrogens with zero attached hydrogens (tertiary/aromatic N) is 3. The number of imidazole rings is 1. The molecule has 2 heterocycles. The van der Waals surface area contributed by atoms with Crippen LogP contribution >= 0.6 is 0 Å². The molecule has 0 unspecified atom stereocenters. The van der Waals surface area contributed by atoms with Gasteiger partial charge in [0.1, 0.15) is 11.6 Å². The SMILES string of the molecule is CC(C)(C)c1cc(-c2cc(-c3ccccc3)ccn2)cc(-c2cccc3c2nc(-c2cc(C(C)(C)C)cc(C(C)(C)C)c2O)n3-c2cc3c(cc2-c2ccccc2)C(C)(C)CCC3(C)C)c1.[Pt]. The third kappa shape index (κ3) is 9.00. The van der Waals surface area contributed by atoms with Gasteiger partial charge < -0.3 is 5.11 Å². The van der Waals surface area contributed by atoms with Crippen LogP contribution in [0.25, 0.3) is 72.7 Å². The van der Waals surface area contributed by atoms with E-state index in [0.29, 0.717) is 0 Å². The molecule has 346 valence electrons. The molecule has 0 spiro atoms. The summed E-state index contributed by atoms with van der Waals surface area (Å²) < 4.78 is 2.37. The molecule has 5 heteroatoms. The van der Waals surface area contributed by atoms with Gasteiger partial charge in [-0.2, -0.15) is 0 Å². The van der Waals surface area contributed by atoms with Crippen LogP contribution in [-0.4, -0.2) is 19.6 Å². The average molecular weight is 1070 g/mol. The van der Waals surface area contributed by atoms with E-state index in [1.54, 1.807) is 0 Å². The maximum absolute atomic E-state index is 12.7. The first kappa shape index (κ1) is 47.9. The second kappa shape index (κ2) is 17.2. The predicted octanol–water partition coefficient (Wildman–Crippen LogP) is 16.7. The second-order valence-electron chi connectivity index (χ2n) is 23.3. The molecule has 1 aliphatic carbocycles. The normalized spacial score (nSPS) is 14.7. The van der Waals surface area contributed by atoms with E-state index >= 15 is 0 Å². The monoisotopic (exact) mass is 1060 g/mol. The summed E-state index contributed by atoms with van der Waals surface area (Å²) in [6.07, 6.45) is 4.14. The minimum Gasteiger partial charge on any atom is -0.507 e. The Hall–Kier alpha value is -5.57. The fourth-order valence-electron chi connectivity index (χ4n) is 9.97. The number of hydrogen-bond donors (Lipinski definition) is 1. The van der Waals surface area contributed by atoms with E-state index in [0.717, 1.165) is 96.7 Å². The molecular formula is C62H67N3OPt. The van der Waals surface area contributed by atoms with Crippen LogP contribution in [0.15, 0.2) is 140 Å². The summed E-state index contributed by atoms with van der Waals surface area (Å²) in [6, 6.07) is 48.5. The quantitative estimate of drug-likeness (QED) is 0.181. The van der Waals surface area contributed by atoms with E-state index in [-0.39, 0.29) is 53.9 Å². The van der Waals surface area contributed by atoms with Gasteiger partial charge in [0.15, 0.2) is 0 Å². The fraction of sp³-hybridized carbons (Fsp3) is 0.323. The van der Waals surface area contributed by atoms with Gasteiger partial charge in [0, 0.05) is 49.5 Å². The van der Waals surface area contributed by atoms with Gasteiger partial charge in [-0.25, -0.2) is 4.98 Å². The molecule has 8 aromatic rings. The van der Waals surface area contributed by atoms with Crippen LogP contribution < -0.4 is 0 Å². The Kier molecular flexibility index (Phi) is 12.3. The molecule has 2 aromatic heterocycles. The van der Waals surface area contributed by atoms with Gasteiger partial charge >= 0.3 is 0 Å². The van der Waals surface area contributed by atoms with E-state index in [2.05, 4.69) is 228 Å². The summed E-state index contributed by atoms with van der Waals surface area (Å²) in [5.41, 5.74) is 17.7. The van der Waals surface area contributed by atoms with E-state index in [9.17, 15) is 5.11 Å². The van der Waals surface area contributed by atoms with Crippen molar-refractivity contribution in [1.29, 1.82) is 0 Å².